The van der Waals surface area contributed by atoms with Crippen molar-refractivity contribution in [2.24, 2.45) is 0 Å². The third-order valence-electron chi connectivity index (χ3n) is 5.71. The van der Waals surface area contributed by atoms with E-state index in [4.69, 9.17) is 0 Å². The largest absolute Gasteiger partial charge is 0.335 e. The van der Waals surface area contributed by atoms with Gasteiger partial charge in [-0.3, -0.25) is 14.9 Å². The number of carbonyl (C=O) groups excluding carboxylic acids is 3. The van der Waals surface area contributed by atoms with Crippen molar-refractivity contribution in [3.8, 4) is 5.69 Å². The van der Waals surface area contributed by atoms with Gasteiger partial charge in [0.05, 0.1) is 5.69 Å². The van der Waals surface area contributed by atoms with Crippen LogP contribution in [0, 0.1) is 31.3 Å². The molecule has 162 valence electrons. The standard InChI is InChI=1S/C25H22IN3O3/c1-14-5-8-21(11-15(14)2)29-24(31)22(23(30)27-25(29)32)13-18-12-16(3)28(17(18)4)20-9-6-19(26)7-10-20/h5-13H,1-4H3,(H,27,30,32)/b22-13+. The third kappa shape index (κ3) is 3.88. The van der Waals surface area contributed by atoms with Gasteiger partial charge in [-0.25, -0.2) is 9.69 Å². The van der Waals surface area contributed by atoms with Crippen LogP contribution in [-0.2, 0) is 9.59 Å². The molecule has 2 heterocycles. The molecule has 0 bridgehead atoms. The lowest BCUT2D eigenvalue weighted by molar-refractivity contribution is -0.122. The Kier molecular flexibility index (Phi) is 5.77. The van der Waals surface area contributed by atoms with Crippen molar-refractivity contribution in [3.63, 3.8) is 0 Å². The van der Waals surface area contributed by atoms with Gasteiger partial charge < -0.3 is 4.57 Å². The highest BCUT2D eigenvalue weighted by atomic mass is 127. The van der Waals surface area contributed by atoms with E-state index >= 15 is 0 Å². The highest BCUT2D eigenvalue weighted by Gasteiger charge is 2.37. The molecule has 4 amide bonds. The van der Waals surface area contributed by atoms with Gasteiger partial charge in [-0.05, 0) is 116 Å². The fraction of sp³-hybridized carbons (Fsp3) is 0.160. The van der Waals surface area contributed by atoms with Crippen LogP contribution < -0.4 is 10.2 Å². The summed E-state index contributed by atoms with van der Waals surface area (Å²) < 4.78 is 3.21. The Balaban J connectivity index is 1.76. The summed E-state index contributed by atoms with van der Waals surface area (Å²) in [5, 5.41) is 2.29. The Morgan fingerprint density at radius 2 is 1.50 bits per heavy atom. The number of nitrogens with one attached hydrogen (secondary N) is 1. The number of hydrogen-bond donors (Lipinski definition) is 1. The zero-order valence-electron chi connectivity index (χ0n) is 18.2. The number of aromatic nitrogens is 1. The van der Waals surface area contributed by atoms with Crippen LogP contribution in [0.4, 0.5) is 10.5 Å². The molecule has 1 aliphatic heterocycles. The molecule has 32 heavy (non-hydrogen) atoms. The molecule has 0 spiro atoms. The number of amides is 4. The number of rotatable bonds is 3. The van der Waals surface area contributed by atoms with E-state index in [0.29, 0.717) is 5.69 Å². The van der Waals surface area contributed by atoms with E-state index in [-0.39, 0.29) is 5.57 Å². The van der Waals surface area contributed by atoms with Crippen LogP contribution >= 0.6 is 22.6 Å². The van der Waals surface area contributed by atoms with Gasteiger partial charge in [0, 0.05) is 20.6 Å². The Bertz CT molecular complexity index is 1300. The SMILES string of the molecule is Cc1ccc(N2C(=O)NC(=O)/C(=C\c3cc(C)n(-c4ccc(I)cc4)c3C)C2=O)cc1C. The number of urea groups is 1. The minimum absolute atomic E-state index is 0.0781. The summed E-state index contributed by atoms with van der Waals surface area (Å²) in [6.45, 7) is 7.78. The van der Waals surface area contributed by atoms with Crippen molar-refractivity contribution < 1.29 is 14.4 Å². The van der Waals surface area contributed by atoms with Crippen molar-refractivity contribution >= 4 is 52.2 Å². The second-order valence-corrected chi connectivity index (χ2v) is 9.11. The molecule has 0 aliphatic carbocycles. The molecule has 0 saturated carbocycles. The normalized spacial score (nSPS) is 15.5. The molecule has 0 unspecified atom stereocenters. The van der Waals surface area contributed by atoms with E-state index in [1.807, 2.05) is 64.1 Å². The van der Waals surface area contributed by atoms with E-state index in [1.165, 1.54) is 0 Å². The smallest absolute Gasteiger partial charge is 0.318 e. The van der Waals surface area contributed by atoms with Crippen molar-refractivity contribution in [2.45, 2.75) is 27.7 Å². The van der Waals surface area contributed by atoms with Gasteiger partial charge in [0.1, 0.15) is 5.57 Å². The maximum atomic E-state index is 13.2. The molecule has 3 aromatic rings. The summed E-state index contributed by atoms with van der Waals surface area (Å²) in [5.41, 5.74) is 5.96. The number of anilines is 1. The third-order valence-corrected chi connectivity index (χ3v) is 6.42. The zero-order chi connectivity index (χ0) is 23.2. The summed E-state index contributed by atoms with van der Waals surface area (Å²) in [7, 11) is 0. The number of carbonyl (C=O) groups is 3. The summed E-state index contributed by atoms with van der Waals surface area (Å²) >= 11 is 2.26. The maximum Gasteiger partial charge on any atom is 0.335 e. The molecular weight excluding hydrogens is 517 g/mol. The van der Waals surface area contributed by atoms with Crippen molar-refractivity contribution in [1.82, 2.24) is 9.88 Å². The lowest BCUT2D eigenvalue weighted by Gasteiger charge is -2.26. The molecule has 0 atom stereocenters. The first kappa shape index (κ1) is 22.0. The number of imide groups is 2. The first-order chi connectivity index (χ1) is 15.2. The van der Waals surface area contributed by atoms with Crippen LogP contribution in [0.25, 0.3) is 11.8 Å². The van der Waals surface area contributed by atoms with Gasteiger partial charge in [0.15, 0.2) is 0 Å². The highest BCUT2D eigenvalue weighted by molar-refractivity contribution is 14.1. The van der Waals surface area contributed by atoms with Gasteiger partial charge in [0.2, 0.25) is 0 Å². The number of aryl methyl sites for hydroxylation is 3. The summed E-state index contributed by atoms with van der Waals surface area (Å²) in [6.07, 6.45) is 1.56. The topological polar surface area (TPSA) is 71.4 Å². The predicted molar refractivity (Wildman–Crippen MR) is 133 cm³/mol. The minimum Gasteiger partial charge on any atom is -0.318 e. The molecule has 0 radical (unpaired) electrons. The molecule has 1 N–H and O–H groups in total. The highest BCUT2D eigenvalue weighted by Crippen LogP contribution is 2.27. The maximum absolute atomic E-state index is 13.2. The second-order valence-electron chi connectivity index (χ2n) is 7.86. The monoisotopic (exact) mass is 539 g/mol. The van der Waals surface area contributed by atoms with E-state index < -0.39 is 17.8 Å². The fourth-order valence-corrected chi connectivity index (χ4v) is 4.19. The molecule has 1 aliphatic rings. The quantitative estimate of drug-likeness (QED) is 0.290. The molecule has 1 fully saturated rings. The van der Waals surface area contributed by atoms with Crippen LogP contribution in [0.15, 0.2) is 54.1 Å². The predicted octanol–water partition coefficient (Wildman–Crippen LogP) is 4.98. The van der Waals surface area contributed by atoms with Gasteiger partial charge in [0.25, 0.3) is 11.8 Å². The number of hydrogen-bond acceptors (Lipinski definition) is 3. The minimum atomic E-state index is -0.746. The van der Waals surface area contributed by atoms with Gasteiger partial charge in [-0.2, -0.15) is 0 Å². The molecule has 4 rings (SSSR count). The average Bonchev–Trinajstić information content (AvgIpc) is 3.01. The van der Waals surface area contributed by atoms with Crippen LogP contribution in [0.5, 0.6) is 0 Å². The van der Waals surface area contributed by atoms with E-state index in [1.54, 1.807) is 18.2 Å². The fourth-order valence-electron chi connectivity index (χ4n) is 3.83. The van der Waals surface area contributed by atoms with Crippen LogP contribution in [0.2, 0.25) is 0 Å². The van der Waals surface area contributed by atoms with Gasteiger partial charge >= 0.3 is 6.03 Å². The first-order valence-electron chi connectivity index (χ1n) is 10.1. The first-order valence-corrected chi connectivity index (χ1v) is 11.2. The number of barbiturate groups is 1. The number of nitrogens with zero attached hydrogens (tertiary/aromatic N) is 2. The van der Waals surface area contributed by atoms with Crippen molar-refractivity contribution in [2.75, 3.05) is 4.90 Å². The lowest BCUT2D eigenvalue weighted by Crippen LogP contribution is -2.54. The summed E-state index contributed by atoms with van der Waals surface area (Å²) in [6, 6.07) is 14.6. The molecule has 1 aromatic heterocycles. The lowest BCUT2D eigenvalue weighted by atomic mass is 10.1. The molecular formula is C25H22IN3O3. The number of halogens is 1. The van der Waals surface area contributed by atoms with Crippen LogP contribution in [0.3, 0.4) is 0 Å². The Labute approximate surface area is 200 Å². The Morgan fingerprint density at radius 1 is 0.844 bits per heavy atom. The van der Waals surface area contributed by atoms with E-state index in [0.717, 1.165) is 42.2 Å². The summed E-state index contributed by atoms with van der Waals surface area (Å²) in [5.74, 6) is -1.33. The van der Waals surface area contributed by atoms with E-state index in [9.17, 15) is 14.4 Å². The molecule has 2 aromatic carbocycles. The van der Waals surface area contributed by atoms with Crippen molar-refractivity contribution in [3.05, 3.63) is 85.8 Å². The Morgan fingerprint density at radius 3 is 2.16 bits per heavy atom. The zero-order valence-corrected chi connectivity index (χ0v) is 20.4. The molecule has 7 heteroatoms. The summed E-state index contributed by atoms with van der Waals surface area (Å²) in [4.78, 5) is 39.3. The van der Waals surface area contributed by atoms with Gasteiger partial charge in [-0.1, -0.05) is 6.07 Å². The Hall–Kier alpha value is -3.20. The molecule has 6 nitrogen and oxygen atoms in total. The van der Waals surface area contributed by atoms with Gasteiger partial charge in [-0.15, -0.1) is 0 Å². The van der Waals surface area contributed by atoms with Crippen LogP contribution in [0.1, 0.15) is 28.1 Å². The molecule has 1 saturated heterocycles. The van der Waals surface area contributed by atoms with Crippen LogP contribution in [-0.4, -0.2) is 22.4 Å². The second kappa shape index (κ2) is 8.38. The van der Waals surface area contributed by atoms with Crippen molar-refractivity contribution in [1.29, 1.82) is 0 Å². The van der Waals surface area contributed by atoms with E-state index in [2.05, 4.69) is 32.5 Å². The average molecular weight is 539 g/mol. The number of benzene rings is 2.